The molecule has 0 spiro atoms. The van der Waals surface area contributed by atoms with Crippen LogP contribution < -0.4 is 4.90 Å². The van der Waals surface area contributed by atoms with E-state index in [0.717, 1.165) is 52.6 Å². The van der Waals surface area contributed by atoms with E-state index >= 15 is 0 Å². The lowest BCUT2D eigenvalue weighted by Crippen LogP contribution is -2.45. The summed E-state index contributed by atoms with van der Waals surface area (Å²) in [5.41, 5.74) is 2.55. The summed E-state index contributed by atoms with van der Waals surface area (Å²) in [6.07, 6.45) is 6.46. The van der Waals surface area contributed by atoms with E-state index in [1.165, 1.54) is 0 Å². The minimum Gasteiger partial charge on any atom is -0.385 e. The Hall–Kier alpha value is -4.40. The maximum atomic E-state index is 13.9. The van der Waals surface area contributed by atoms with Crippen molar-refractivity contribution in [2.75, 3.05) is 37.9 Å². The van der Waals surface area contributed by atoms with Crippen molar-refractivity contribution in [3.8, 4) is 5.82 Å². The van der Waals surface area contributed by atoms with Crippen LogP contribution in [0.15, 0.2) is 85.2 Å². The molecule has 3 fully saturated rings. The van der Waals surface area contributed by atoms with Gasteiger partial charge in [-0.25, -0.2) is 9.67 Å². The van der Waals surface area contributed by atoms with Crippen molar-refractivity contribution in [2.45, 2.75) is 95.9 Å². The number of anilines is 1. The molecule has 2 aliphatic carbocycles. The highest BCUT2D eigenvalue weighted by atomic mass is 28.3. The smallest absolute Gasteiger partial charge is 0.249 e. The molecule has 57 heavy (non-hydrogen) atoms. The molecule has 13 heteroatoms. The van der Waals surface area contributed by atoms with Gasteiger partial charge in [0, 0.05) is 45.8 Å². The molecule has 2 unspecified atom stereocenters. The SMILES string of the molecule is C[C@@H]1COCCN1c1cc(C2(O)CC3CCC(C2)C3OCC(=O)N(Cc2ccccc2)Cc2ccccc2)c2cnn(-c3ccnn3COCC[Si](C)(C)C)c2n1. The van der Waals surface area contributed by atoms with E-state index in [9.17, 15) is 9.90 Å². The average molecular weight is 792 g/mol. The summed E-state index contributed by atoms with van der Waals surface area (Å²) >= 11 is 0. The summed E-state index contributed by atoms with van der Waals surface area (Å²) in [5.74, 6) is 1.74. The Morgan fingerprint density at radius 2 is 1.67 bits per heavy atom. The minimum absolute atomic E-state index is 0.0106. The molecule has 2 aromatic carbocycles. The highest BCUT2D eigenvalue weighted by Crippen LogP contribution is 2.53. The topological polar surface area (TPSA) is 120 Å². The molecule has 3 atom stereocenters. The number of pyridine rings is 1. The molecule has 1 N–H and O–H groups in total. The third-order valence-corrected chi connectivity index (χ3v) is 13.7. The Balaban J connectivity index is 1.04. The van der Waals surface area contributed by atoms with Crippen LogP contribution in [0.1, 0.15) is 49.3 Å². The Labute approximate surface area is 336 Å². The van der Waals surface area contributed by atoms with Crippen LogP contribution >= 0.6 is 0 Å². The molecule has 302 valence electrons. The zero-order chi connectivity index (χ0) is 39.6. The van der Waals surface area contributed by atoms with Crippen molar-refractivity contribution in [3.63, 3.8) is 0 Å². The van der Waals surface area contributed by atoms with E-state index in [0.29, 0.717) is 64.7 Å². The maximum Gasteiger partial charge on any atom is 0.249 e. The Morgan fingerprint density at radius 1 is 0.982 bits per heavy atom. The number of morpholine rings is 1. The van der Waals surface area contributed by atoms with Gasteiger partial charge in [-0.05, 0) is 73.2 Å². The van der Waals surface area contributed by atoms with Crippen molar-refractivity contribution in [2.24, 2.45) is 11.8 Å². The third-order valence-electron chi connectivity index (χ3n) is 12.0. The van der Waals surface area contributed by atoms with Gasteiger partial charge in [-0.3, -0.25) is 4.79 Å². The molecule has 3 aliphatic rings. The highest BCUT2D eigenvalue weighted by molar-refractivity contribution is 6.76. The second-order valence-electron chi connectivity index (χ2n) is 17.5. The molecular weight excluding hydrogens is 735 g/mol. The van der Waals surface area contributed by atoms with Crippen LogP contribution in [0.3, 0.4) is 0 Å². The number of benzene rings is 2. The predicted molar refractivity (Wildman–Crippen MR) is 223 cm³/mol. The normalized spacial score (nSPS) is 23.6. The molecule has 0 radical (unpaired) electrons. The van der Waals surface area contributed by atoms with Crippen LogP contribution in [0.2, 0.25) is 25.7 Å². The quantitative estimate of drug-likeness (QED) is 0.0905. The second-order valence-corrected chi connectivity index (χ2v) is 23.1. The van der Waals surface area contributed by atoms with Gasteiger partial charge in [0.15, 0.2) is 11.5 Å². The number of amides is 1. The molecule has 4 heterocycles. The van der Waals surface area contributed by atoms with Crippen molar-refractivity contribution >= 4 is 30.8 Å². The van der Waals surface area contributed by atoms with Gasteiger partial charge >= 0.3 is 0 Å². The zero-order valence-corrected chi connectivity index (χ0v) is 34.8. The van der Waals surface area contributed by atoms with Gasteiger partial charge < -0.3 is 29.1 Å². The van der Waals surface area contributed by atoms with E-state index in [1.54, 1.807) is 6.20 Å². The first-order valence-electron chi connectivity index (χ1n) is 20.6. The van der Waals surface area contributed by atoms with Gasteiger partial charge in [-0.1, -0.05) is 80.3 Å². The van der Waals surface area contributed by atoms with Crippen LogP contribution in [0.25, 0.3) is 16.9 Å². The van der Waals surface area contributed by atoms with Crippen LogP contribution in [0, 0.1) is 11.8 Å². The van der Waals surface area contributed by atoms with E-state index in [2.05, 4.69) is 66.9 Å². The number of aromatic nitrogens is 5. The number of carbonyl (C=O) groups is 1. The molecule has 1 amide bonds. The Kier molecular flexibility index (Phi) is 11.6. The fraction of sp³-hybridized carbons (Fsp3) is 0.500. The van der Waals surface area contributed by atoms with E-state index in [-0.39, 0.29) is 36.5 Å². The number of carbonyl (C=O) groups excluding carboxylic acids is 1. The summed E-state index contributed by atoms with van der Waals surface area (Å²) in [4.78, 5) is 23.3. The minimum atomic E-state index is -1.24. The van der Waals surface area contributed by atoms with Gasteiger partial charge in [0.2, 0.25) is 5.91 Å². The maximum absolute atomic E-state index is 13.9. The van der Waals surface area contributed by atoms with Crippen LogP contribution in [-0.4, -0.2) is 93.7 Å². The molecule has 12 nitrogen and oxygen atoms in total. The lowest BCUT2D eigenvalue weighted by Gasteiger charge is -2.42. The monoisotopic (exact) mass is 791 g/mol. The van der Waals surface area contributed by atoms with E-state index in [1.807, 2.05) is 62.9 Å². The van der Waals surface area contributed by atoms with Gasteiger partial charge in [-0.2, -0.15) is 14.9 Å². The zero-order valence-electron chi connectivity index (χ0n) is 33.8. The molecular formula is C44H57N7O5Si. The number of fused-ring (bicyclic) bond motifs is 3. The molecule has 1 saturated heterocycles. The van der Waals surface area contributed by atoms with E-state index < -0.39 is 13.7 Å². The van der Waals surface area contributed by atoms with Crippen molar-refractivity contribution < 1.29 is 24.1 Å². The van der Waals surface area contributed by atoms with Crippen LogP contribution in [0.5, 0.6) is 0 Å². The standard InChI is InChI=1S/C44H57N7O5Si/c1-32-29-54-20-19-49(32)39-23-38(37-26-46-51(43(37)47-39)40-17-18-45-50(40)31-55-21-22-57(2,3)4)44(53)24-35-15-16-36(25-44)42(35)56-30-41(52)48(27-33-11-7-5-8-12-33)28-34-13-9-6-10-14-34/h5-14,17-18,23,26,32,35-36,42,53H,15-16,19-22,24-25,27-31H2,1-4H3/t32-,35?,36?,42?,44?/m1/s1. The first kappa shape index (κ1) is 39.4. The van der Waals surface area contributed by atoms with Gasteiger partial charge in [0.05, 0.1) is 43.4 Å². The number of hydrogen-bond acceptors (Lipinski definition) is 9. The molecule has 2 bridgehead atoms. The fourth-order valence-electron chi connectivity index (χ4n) is 9.01. The molecule has 8 rings (SSSR count). The Bertz CT molecular complexity index is 2060. The molecule has 2 saturated carbocycles. The Morgan fingerprint density at radius 3 is 2.32 bits per heavy atom. The first-order valence-corrected chi connectivity index (χ1v) is 24.3. The number of ether oxygens (including phenoxy) is 3. The summed E-state index contributed by atoms with van der Waals surface area (Å²) < 4.78 is 22.1. The number of aliphatic hydroxyl groups is 1. The molecule has 3 aromatic heterocycles. The first-order chi connectivity index (χ1) is 27.5. The predicted octanol–water partition coefficient (Wildman–Crippen LogP) is 6.78. The van der Waals surface area contributed by atoms with Crippen molar-refractivity contribution in [3.05, 3.63) is 102 Å². The van der Waals surface area contributed by atoms with Gasteiger partial charge in [0.25, 0.3) is 0 Å². The largest absolute Gasteiger partial charge is 0.385 e. The van der Waals surface area contributed by atoms with E-state index in [4.69, 9.17) is 24.3 Å². The molecule has 5 aromatic rings. The number of rotatable bonds is 15. The third kappa shape index (κ3) is 8.87. The summed E-state index contributed by atoms with van der Waals surface area (Å²) in [5, 5.41) is 23.1. The summed E-state index contributed by atoms with van der Waals surface area (Å²) in [6, 6.07) is 25.4. The fourth-order valence-corrected chi connectivity index (χ4v) is 9.77. The number of nitrogens with zero attached hydrogens (tertiary/aromatic N) is 7. The highest BCUT2D eigenvalue weighted by Gasteiger charge is 2.51. The van der Waals surface area contributed by atoms with Gasteiger partial charge in [0.1, 0.15) is 19.2 Å². The average Bonchev–Trinajstić information content (AvgIpc) is 3.91. The lowest BCUT2D eigenvalue weighted by molar-refractivity contribution is -0.146. The lowest BCUT2D eigenvalue weighted by atomic mass is 9.72. The van der Waals surface area contributed by atoms with Gasteiger partial charge in [-0.15, -0.1) is 0 Å². The summed E-state index contributed by atoms with van der Waals surface area (Å²) in [7, 11) is -1.24. The summed E-state index contributed by atoms with van der Waals surface area (Å²) in [6.45, 7) is 13.1. The van der Waals surface area contributed by atoms with Crippen LogP contribution in [-0.2, 0) is 44.4 Å². The van der Waals surface area contributed by atoms with Crippen molar-refractivity contribution in [1.29, 1.82) is 0 Å². The number of hydrogen-bond donors (Lipinski definition) is 1. The molecule has 1 aliphatic heterocycles. The second kappa shape index (κ2) is 16.8. The van der Waals surface area contributed by atoms with Crippen molar-refractivity contribution in [1.82, 2.24) is 29.4 Å². The van der Waals surface area contributed by atoms with Crippen LogP contribution in [0.4, 0.5) is 5.82 Å².